The van der Waals surface area contributed by atoms with Crippen LogP contribution in [0.1, 0.15) is 116 Å². The molecule has 0 atom stereocenters. The van der Waals surface area contributed by atoms with E-state index in [0.717, 1.165) is 0 Å². The fraction of sp³-hybridized carbons (Fsp3) is 0.409. The lowest BCUT2D eigenvalue weighted by molar-refractivity contribution is 0.568. The van der Waals surface area contributed by atoms with Crippen molar-refractivity contribution >= 4 is 38.6 Å². The number of hydrogen-bond donors (Lipinski definition) is 0. The third-order valence-corrected chi connectivity index (χ3v) is 9.46. The minimum atomic E-state index is 0.0000316. The number of fused-ring (bicyclic) bond motifs is 2. The first-order chi connectivity index (χ1) is 20.7. The lowest BCUT2D eigenvalue weighted by Gasteiger charge is -2.35. The topological polar surface area (TPSA) is 3.24 Å². The number of anilines is 3. The third kappa shape index (κ3) is 6.42. The molecule has 1 heteroatoms. The van der Waals surface area contributed by atoms with Gasteiger partial charge in [0.05, 0.1) is 5.69 Å². The van der Waals surface area contributed by atoms with Crippen molar-refractivity contribution in [3.8, 4) is 0 Å². The molecule has 0 aliphatic heterocycles. The molecule has 0 unspecified atom stereocenters. The van der Waals surface area contributed by atoms with Gasteiger partial charge in [0.2, 0.25) is 0 Å². The molecule has 0 fully saturated rings. The van der Waals surface area contributed by atoms with Gasteiger partial charge in [-0.2, -0.15) is 0 Å². The van der Waals surface area contributed by atoms with Crippen molar-refractivity contribution < 1.29 is 0 Å². The quantitative estimate of drug-likeness (QED) is 0.187. The van der Waals surface area contributed by atoms with Gasteiger partial charge in [0.15, 0.2) is 0 Å². The summed E-state index contributed by atoms with van der Waals surface area (Å²) >= 11 is 0. The van der Waals surface area contributed by atoms with Crippen LogP contribution in [0, 0.1) is 13.8 Å². The molecule has 0 amide bonds. The summed E-state index contributed by atoms with van der Waals surface area (Å²) in [5.41, 5.74) is 11.7. The van der Waals surface area contributed by atoms with Crippen molar-refractivity contribution in [2.24, 2.45) is 0 Å². The first-order valence-electron chi connectivity index (χ1n) is 16.7. The highest BCUT2D eigenvalue weighted by Crippen LogP contribution is 2.48. The van der Waals surface area contributed by atoms with Crippen LogP contribution < -0.4 is 4.90 Å². The fourth-order valence-corrected chi connectivity index (χ4v) is 6.34. The first kappa shape index (κ1) is 32.8. The van der Waals surface area contributed by atoms with E-state index < -0.39 is 0 Å². The van der Waals surface area contributed by atoms with Crippen LogP contribution in [-0.4, -0.2) is 0 Å². The maximum absolute atomic E-state index is 2.59. The Hall–Kier alpha value is -3.58. The second-order valence-corrected chi connectivity index (χ2v) is 17.4. The van der Waals surface area contributed by atoms with E-state index in [1.807, 2.05) is 0 Å². The molecule has 5 aromatic rings. The normalized spacial score (nSPS) is 13.1. The van der Waals surface area contributed by atoms with Gasteiger partial charge in [-0.15, -0.1) is 0 Å². The maximum atomic E-state index is 2.59. The molecule has 0 N–H and O–H groups in total. The van der Waals surface area contributed by atoms with Gasteiger partial charge < -0.3 is 4.90 Å². The Morgan fingerprint density at radius 1 is 0.400 bits per heavy atom. The number of hydrogen-bond acceptors (Lipinski definition) is 1. The van der Waals surface area contributed by atoms with E-state index in [-0.39, 0.29) is 21.7 Å². The maximum Gasteiger partial charge on any atom is 0.0618 e. The molecule has 0 bridgehead atoms. The zero-order chi connectivity index (χ0) is 33.3. The molecule has 0 aromatic heterocycles. The Balaban J connectivity index is 2.04. The van der Waals surface area contributed by atoms with E-state index in [1.54, 1.807) is 0 Å². The van der Waals surface area contributed by atoms with Crippen LogP contribution in [0.15, 0.2) is 78.9 Å². The summed E-state index contributed by atoms with van der Waals surface area (Å²) in [5, 5.41) is 5.19. The average Bonchev–Trinajstić information content (AvgIpc) is 2.93. The summed E-state index contributed by atoms with van der Waals surface area (Å²) < 4.78 is 0. The Morgan fingerprint density at radius 3 is 1.18 bits per heavy atom. The lowest BCUT2D eigenvalue weighted by atomic mass is 9.79. The molecule has 45 heavy (non-hydrogen) atoms. The van der Waals surface area contributed by atoms with Gasteiger partial charge in [-0.25, -0.2) is 0 Å². The second kappa shape index (κ2) is 11.0. The smallest absolute Gasteiger partial charge is 0.0618 e. The highest BCUT2D eigenvalue weighted by atomic mass is 15.1. The number of benzene rings is 5. The Labute approximate surface area is 273 Å². The van der Waals surface area contributed by atoms with E-state index in [2.05, 4.69) is 181 Å². The third-order valence-electron chi connectivity index (χ3n) is 9.46. The summed E-state index contributed by atoms with van der Waals surface area (Å²) in [6.07, 6.45) is 0. The monoisotopic (exact) mass is 597 g/mol. The summed E-state index contributed by atoms with van der Waals surface area (Å²) in [7, 11) is 0. The SMILES string of the molecule is Cc1ccc2c(N(c3cc(C(C)(C)C)cc(C(C)(C)C)c3)c3cc(C(C)(C)C)cc(C(C)(C)C)c3)c3ccccc3c(C)c2c1. The van der Waals surface area contributed by atoms with E-state index in [9.17, 15) is 0 Å². The van der Waals surface area contributed by atoms with Crippen molar-refractivity contribution in [3.63, 3.8) is 0 Å². The molecule has 5 rings (SSSR count). The molecule has 5 aromatic carbocycles. The fourth-order valence-electron chi connectivity index (χ4n) is 6.34. The van der Waals surface area contributed by atoms with Crippen LogP contribution in [0.3, 0.4) is 0 Å². The van der Waals surface area contributed by atoms with Crippen molar-refractivity contribution in [1.82, 2.24) is 0 Å². The van der Waals surface area contributed by atoms with Crippen LogP contribution in [0.5, 0.6) is 0 Å². The van der Waals surface area contributed by atoms with Crippen LogP contribution >= 0.6 is 0 Å². The minimum Gasteiger partial charge on any atom is -0.309 e. The predicted octanol–water partition coefficient (Wildman–Crippen LogP) is 13.3. The Bertz CT molecular complexity index is 1750. The number of rotatable bonds is 3. The van der Waals surface area contributed by atoms with E-state index in [4.69, 9.17) is 0 Å². The Morgan fingerprint density at radius 2 is 0.778 bits per heavy atom. The summed E-state index contributed by atoms with van der Waals surface area (Å²) in [5.74, 6) is 0. The van der Waals surface area contributed by atoms with Crippen LogP contribution in [-0.2, 0) is 21.7 Å². The highest BCUT2D eigenvalue weighted by molar-refractivity contribution is 6.16. The zero-order valence-electron chi connectivity index (χ0n) is 30.5. The molecule has 0 aliphatic rings. The minimum absolute atomic E-state index is 0.0000316. The van der Waals surface area contributed by atoms with Crippen molar-refractivity contribution in [1.29, 1.82) is 0 Å². The van der Waals surface area contributed by atoms with Gasteiger partial charge in [-0.3, -0.25) is 0 Å². The molecule has 0 spiro atoms. The zero-order valence-corrected chi connectivity index (χ0v) is 30.5. The number of aryl methyl sites for hydroxylation is 2. The first-order valence-corrected chi connectivity index (χ1v) is 16.7. The molecular weight excluding hydrogens is 542 g/mol. The second-order valence-electron chi connectivity index (χ2n) is 17.4. The molecule has 0 aliphatic carbocycles. The molecule has 0 radical (unpaired) electrons. The van der Waals surface area contributed by atoms with Gasteiger partial charge in [0.25, 0.3) is 0 Å². The van der Waals surface area contributed by atoms with Crippen LogP contribution in [0.4, 0.5) is 17.1 Å². The van der Waals surface area contributed by atoms with Gasteiger partial charge in [0.1, 0.15) is 0 Å². The van der Waals surface area contributed by atoms with Gasteiger partial charge in [0, 0.05) is 22.1 Å². The predicted molar refractivity (Wildman–Crippen MR) is 200 cm³/mol. The van der Waals surface area contributed by atoms with Gasteiger partial charge >= 0.3 is 0 Å². The molecule has 236 valence electrons. The highest BCUT2D eigenvalue weighted by Gasteiger charge is 2.28. The Kier molecular flexibility index (Phi) is 8.05. The van der Waals surface area contributed by atoms with Crippen molar-refractivity contribution in [2.75, 3.05) is 4.90 Å². The van der Waals surface area contributed by atoms with E-state index in [1.165, 1.54) is 72.0 Å². The molecule has 0 heterocycles. The summed E-state index contributed by atoms with van der Waals surface area (Å²) in [6.45, 7) is 32.5. The molecule has 0 saturated heterocycles. The van der Waals surface area contributed by atoms with Gasteiger partial charge in [-0.1, -0.05) is 143 Å². The largest absolute Gasteiger partial charge is 0.309 e. The number of nitrogens with zero attached hydrogens (tertiary/aromatic N) is 1. The van der Waals surface area contributed by atoms with E-state index in [0.29, 0.717) is 0 Å². The lowest BCUT2D eigenvalue weighted by Crippen LogP contribution is -2.21. The van der Waals surface area contributed by atoms with Gasteiger partial charge in [-0.05, 0) is 98.4 Å². The van der Waals surface area contributed by atoms with Crippen molar-refractivity contribution in [3.05, 3.63) is 112 Å². The molecule has 1 nitrogen and oxygen atoms in total. The average molecular weight is 598 g/mol. The van der Waals surface area contributed by atoms with Crippen molar-refractivity contribution in [2.45, 2.75) is 119 Å². The van der Waals surface area contributed by atoms with Crippen LogP contribution in [0.25, 0.3) is 21.5 Å². The van der Waals surface area contributed by atoms with Crippen LogP contribution in [0.2, 0.25) is 0 Å². The summed E-state index contributed by atoms with van der Waals surface area (Å²) in [4.78, 5) is 2.59. The van der Waals surface area contributed by atoms with E-state index >= 15 is 0 Å². The molecular formula is C44H55N. The summed E-state index contributed by atoms with van der Waals surface area (Å²) in [6, 6.07) is 30.7. The standard InChI is InChI=1S/C44H55N/c1-28-19-20-38-39(21-28)29(2)36-17-15-16-18-37(36)40(38)45(34-24-30(41(3,4)5)22-31(25-34)42(6,7)8)35-26-32(43(9,10)11)23-33(27-35)44(12,13)14/h15-27H,1-14H3. The molecule has 0 saturated carbocycles.